The van der Waals surface area contributed by atoms with Gasteiger partial charge in [0, 0.05) is 23.8 Å². The molecule has 5 rings (SSSR count). The van der Waals surface area contributed by atoms with Crippen molar-refractivity contribution in [2.24, 2.45) is 11.8 Å². The Labute approximate surface area is 194 Å². The molecule has 2 aromatic carbocycles. The van der Waals surface area contributed by atoms with E-state index in [0.29, 0.717) is 6.54 Å². The maximum Gasteiger partial charge on any atom is 0.253 e. The van der Waals surface area contributed by atoms with Gasteiger partial charge in [0.1, 0.15) is 5.54 Å². The zero-order valence-corrected chi connectivity index (χ0v) is 18.9. The molecule has 3 amide bonds. The minimum absolute atomic E-state index is 0.166. The Kier molecular flexibility index (Phi) is 5.41. The predicted octanol–water partition coefficient (Wildman–Crippen LogP) is 3.38. The number of hydrogen-bond acceptors (Lipinski definition) is 4. The number of likely N-dealkylation sites (tertiary alicyclic amines) is 1. The van der Waals surface area contributed by atoms with Crippen LogP contribution in [0.25, 0.3) is 0 Å². The molecule has 0 radical (unpaired) electrons. The van der Waals surface area contributed by atoms with Crippen molar-refractivity contribution in [1.82, 2.24) is 10.2 Å². The molecule has 0 aromatic heterocycles. The molecule has 6 heteroatoms. The Balaban J connectivity index is 1.61. The first kappa shape index (κ1) is 21.6. The summed E-state index contributed by atoms with van der Waals surface area (Å²) >= 11 is 0. The lowest BCUT2D eigenvalue weighted by Crippen LogP contribution is -2.55. The van der Waals surface area contributed by atoms with E-state index < -0.39 is 17.4 Å². The number of benzene rings is 2. The molecule has 1 N–H and O–H groups in total. The first-order chi connectivity index (χ1) is 16.0. The van der Waals surface area contributed by atoms with E-state index in [1.54, 1.807) is 11.0 Å². The number of para-hydroxylation sites is 1. The molecule has 0 saturated carbocycles. The Morgan fingerprint density at radius 2 is 1.73 bits per heavy atom. The summed E-state index contributed by atoms with van der Waals surface area (Å²) in [6.07, 6.45) is 4.33. The van der Waals surface area contributed by atoms with E-state index >= 15 is 0 Å². The van der Waals surface area contributed by atoms with E-state index in [0.717, 1.165) is 36.1 Å². The molecule has 1 spiro atoms. The number of anilines is 1. The molecule has 0 unspecified atom stereocenters. The Morgan fingerprint density at radius 1 is 1.00 bits per heavy atom. The average Bonchev–Trinajstić information content (AvgIpc) is 3.39. The van der Waals surface area contributed by atoms with Gasteiger partial charge in [0.2, 0.25) is 11.8 Å². The fourth-order valence-electron chi connectivity index (χ4n) is 5.91. The number of hydrogen-bond donors (Lipinski definition) is 1. The van der Waals surface area contributed by atoms with Gasteiger partial charge in [-0.15, -0.1) is 6.58 Å². The molecule has 170 valence electrons. The van der Waals surface area contributed by atoms with Crippen LogP contribution < -0.4 is 10.2 Å². The minimum Gasteiger partial charge on any atom is -0.306 e. The first-order valence-corrected chi connectivity index (χ1v) is 11.7. The third-order valence-corrected chi connectivity index (χ3v) is 7.32. The van der Waals surface area contributed by atoms with Gasteiger partial charge in [-0.3, -0.25) is 24.6 Å². The monoisotopic (exact) mass is 443 g/mol. The Hall–Kier alpha value is -3.25. The molecular formula is C27H29N3O3. The number of unbranched alkanes of at least 4 members (excludes halogenated alkanes) is 1. The fourth-order valence-corrected chi connectivity index (χ4v) is 5.91. The Bertz CT molecular complexity index is 1110. The molecule has 6 nitrogen and oxygen atoms in total. The van der Waals surface area contributed by atoms with Crippen LogP contribution in [0.1, 0.15) is 37.3 Å². The second kappa shape index (κ2) is 8.27. The maximum absolute atomic E-state index is 14.0. The highest BCUT2D eigenvalue weighted by atomic mass is 16.2. The first-order valence-electron chi connectivity index (χ1n) is 11.7. The van der Waals surface area contributed by atoms with Crippen LogP contribution in [-0.2, 0) is 26.5 Å². The van der Waals surface area contributed by atoms with E-state index in [-0.39, 0.29) is 30.3 Å². The fraction of sp³-hybridized carbons (Fsp3) is 0.370. The number of amides is 3. The van der Waals surface area contributed by atoms with E-state index in [9.17, 15) is 14.4 Å². The average molecular weight is 444 g/mol. The molecule has 2 aromatic rings. The number of imide groups is 1. The molecule has 4 atom stereocenters. The molecule has 33 heavy (non-hydrogen) atoms. The highest BCUT2D eigenvalue weighted by Gasteiger charge is 2.71. The van der Waals surface area contributed by atoms with Gasteiger partial charge in [-0.05, 0) is 18.1 Å². The van der Waals surface area contributed by atoms with Crippen LogP contribution in [-0.4, -0.2) is 35.2 Å². The van der Waals surface area contributed by atoms with Crippen LogP contribution in [0, 0.1) is 11.8 Å². The van der Waals surface area contributed by atoms with Gasteiger partial charge in [-0.2, -0.15) is 0 Å². The van der Waals surface area contributed by atoms with Crippen LogP contribution in [0.4, 0.5) is 5.69 Å². The third kappa shape index (κ3) is 3.08. The Morgan fingerprint density at radius 3 is 2.45 bits per heavy atom. The molecular weight excluding hydrogens is 414 g/mol. The lowest BCUT2D eigenvalue weighted by Gasteiger charge is -2.30. The SMILES string of the molecule is C=CCN1C(=O)[C@]2(N[C@H](CCCC)[C@H]3C(=O)N(Cc4ccccc4)C(=O)[C@H]32)c2ccccc21. The van der Waals surface area contributed by atoms with Crippen LogP contribution in [0.15, 0.2) is 67.3 Å². The lowest BCUT2D eigenvalue weighted by atomic mass is 9.76. The van der Waals surface area contributed by atoms with Crippen molar-refractivity contribution in [3.63, 3.8) is 0 Å². The summed E-state index contributed by atoms with van der Waals surface area (Å²) in [5.74, 6) is -1.90. The van der Waals surface area contributed by atoms with Crippen LogP contribution in [0.2, 0.25) is 0 Å². The molecule has 2 fully saturated rings. The van der Waals surface area contributed by atoms with Gasteiger partial charge in [-0.1, -0.05) is 74.4 Å². The van der Waals surface area contributed by atoms with E-state index in [4.69, 9.17) is 0 Å². The van der Waals surface area contributed by atoms with Crippen molar-refractivity contribution in [3.8, 4) is 0 Å². The third-order valence-electron chi connectivity index (χ3n) is 7.32. The molecule has 3 aliphatic heterocycles. The van der Waals surface area contributed by atoms with Crippen LogP contribution >= 0.6 is 0 Å². The highest BCUT2D eigenvalue weighted by Crippen LogP contribution is 2.55. The van der Waals surface area contributed by atoms with E-state index in [1.807, 2.05) is 54.6 Å². The number of rotatable bonds is 7. The van der Waals surface area contributed by atoms with E-state index in [2.05, 4.69) is 18.8 Å². The summed E-state index contributed by atoms with van der Waals surface area (Å²) < 4.78 is 0. The van der Waals surface area contributed by atoms with Crippen molar-refractivity contribution in [3.05, 3.63) is 78.4 Å². The topological polar surface area (TPSA) is 69.7 Å². The van der Waals surface area contributed by atoms with Crippen molar-refractivity contribution in [2.75, 3.05) is 11.4 Å². The molecule has 2 saturated heterocycles. The molecule has 0 aliphatic carbocycles. The summed E-state index contributed by atoms with van der Waals surface area (Å²) in [5.41, 5.74) is 1.25. The summed E-state index contributed by atoms with van der Waals surface area (Å²) in [7, 11) is 0. The smallest absolute Gasteiger partial charge is 0.253 e. The van der Waals surface area contributed by atoms with Crippen LogP contribution in [0.3, 0.4) is 0 Å². The predicted molar refractivity (Wildman–Crippen MR) is 126 cm³/mol. The van der Waals surface area contributed by atoms with Crippen molar-refractivity contribution in [2.45, 2.75) is 44.3 Å². The number of carbonyl (C=O) groups excluding carboxylic acids is 3. The van der Waals surface area contributed by atoms with Crippen molar-refractivity contribution >= 4 is 23.4 Å². The van der Waals surface area contributed by atoms with Gasteiger partial charge in [0.15, 0.2) is 0 Å². The zero-order chi connectivity index (χ0) is 23.2. The summed E-state index contributed by atoms with van der Waals surface area (Å²) in [6, 6.07) is 16.9. The molecule has 0 bridgehead atoms. The normalized spacial score (nSPS) is 28.0. The van der Waals surface area contributed by atoms with Gasteiger partial charge < -0.3 is 4.90 Å². The lowest BCUT2D eigenvalue weighted by molar-refractivity contribution is -0.143. The van der Waals surface area contributed by atoms with Crippen molar-refractivity contribution in [1.29, 1.82) is 0 Å². The van der Waals surface area contributed by atoms with Gasteiger partial charge in [0.05, 0.1) is 18.4 Å². The highest BCUT2D eigenvalue weighted by molar-refractivity contribution is 6.16. The second-order valence-electron chi connectivity index (χ2n) is 9.17. The number of nitrogens with zero attached hydrogens (tertiary/aromatic N) is 2. The molecule has 3 heterocycles. The molecule has 3 aliphatic rings. The van der Waals surface area contributed by atoms with Gasteiger partial charge in [0.25, 0.3) is 5.91 Å². The summed E-state index contributed by atoms with van der Waals surface area (Å²) in [6.45, 7) is 6.50. The standard InChI is InChI=1S/C27H29N3O3/c1-3-5-14-20-22-23(25(32)30(24(22)31)17-18-11-7-6-8-12-18)27(28-20)19-13-9-10-15-21(19)29(16-4-2)26(27)33/h4,6-13,15,20,22-23,28H,2-3,5,14,16-17H2,1H3/t20-,22-,23+,27+/m1/s1. The number of carbonyl (C=O) groups is 3. The zero-order valence-electron chi connectivity index (χ0n) is 18.9. The van der Waals surface area contributed by atoms with Gasteiger partial charge in [-0.25, -0.2) is 0 Å². The van der Waals surface area contributed by atoms with Crippen LogP contribution in [0.5, 0.6) is 0 Å². The largest absolute Gasteiger partial charge is 0.306 e. The number of fused-ring (bicyclic) bond motifs is 4. The van der Waals surface area contributed by atoms with Crippen molar-refractivity contribution < 1.29 is 14.4 Å². The van der Waals surface area contributed by atoms with Gasteiger partial charge >= 0.3 is 0 Å². The summed E-state index contributed by atoms with van der Waals surface area (Å²) in [4.78, 5) is 44.6. The maximum atomic E-state index is 14.0. The quantitative estimate of drug-likeness (QED) is 0.526. The summed E-state index contributed by atoms with van der Waals surface area (Å²) in [5, 5.41) is 3.55. The second-order valence-corrected chi connectivity index (χ2v) is 9.17. The van der Waals surface area contributed by atoms with E-state index in [1.165, 1.54) is 4.90 Å². The minimum atomic E-state index is -1.22. The number of nitrogens with one attached hydrogen (secondary N) is 1.